The molecule has 0 spiro atoms. The van der Waals surface area contributed by atoms with Gasteiger partial charge in [-0.3, -0.25) is 0 Å². The molecular formula is C16H16ClN. The number of rotatable bonds is 2. The van der Waals surface area contributed by atoms with Gasteiger partial charge in [-0.1, -0.05) is 48.0 Å². The predicted molar refractivity (Wildman–Crippen MR) is 76.0 cm³/mol. The molecule has 0 atom stereocenters. The molecule has 0 fully saturated rings. The van der Waals surface area contributed by atoms with Gasteiger partial charge in [-0.05, 0) is 41.7 Å². The van der Waals surface area contributed by atoms with Crippen molar-refractivity contribution in [2.45, 2.75) is 18.3 Å². The molecule has 2 aromatic carbocycles. The summed E-state index contributed by atoms with van der Waals surface area (Å²) in [6.07, 6.45) is 2.06. The van der Waals surface area contributed by atoms with Crippen LogP contribution in [0.4, 0.5) is 0 Å². The number of hydrogen-bond donors (Lipinski definition) is 1. The van der Waals surface area contributed by atoms with Crippen LogP contribution in [0.25, 0.3) is 0 Å². The van der Waals surface area contributed by atoms with Crippen molar-refractivity contribution >= 4 is 11.6 Å². The lowest BCUT2D eigenvalue weighted by Crippen LogP contribution is -2.35. The SMILES string of the molecule is NCC1(c2ccc(Cl)cc2)Cc2ccccc2C1. The summed E-state index contributed by atoms with van der Waals surface area (Å²) in [5, 5.41) is 0.779. The minimum absolute atomic E-state index is 0.0499. The zero-order valence-corrected chi connectivity index (χ0v) is 11.0. The van der Waals surface area contributed by atoms with Crippen LogP contribution in [0.5, 0.6) is 0 Å². The Bertz CT molecular complexity index is 535. The molecule has 0 bridgehead atoms. The molecule has 2 heteroatoms. The molecule has 3 rings (SSSR count). The Morgan fingerprint density at radius 3 is 2.00 bits per heavy atom. The Morgan fingerprint density at radius 2 is 1.50 bits per heavy atom. The van der Waals surface area contributed by atoms with Crippen LogP contribution < -0.4 is 5.73 Å². The molecule has 0 amide bonds. The van der Waals surface area contributed by atoms with E-state index in [9.17, 15) is 0 Å². The van der Waals surface area contributed by atoms with Gasteiger partial charge in [0.15, 0.2) is 0 Å². The molecule has 2 aromatic rings. The van der Waals surface area contributed by atoms with Crippen molar-refractivity contribution in [3.8, 4) is 0 Å². The summed E-state index contributed by atoms with van der Waals surface area (Å²) in [4.78, 5) is 0. The second-order valence-corrected chi connectivity index (χ2v) is 5.55. The normalized spacial score (nSPS) is 16.6. The van der Waals surface area contributed by atoms with Gasteiger partial charge in [0.05, 0.1) is 0 Å². The number of nitrogens with two attached hydrogens (primary N) is 1. The van der Waals surface area contributed by atoms with E-state index in [4.69, 9.17) is 17.3 Å². The van der Waals surface area contributed by atoms with Crippen molar-refractivity contribution in [2.75, 3.05) is 6.54 Å². The molecule has 1 aliphatic carbocycles. The van der Waals surface area contributed by atoms with E-state index in [1.165, 1.54) is 16.7 Å². The smallest absolute Gasteiger partial charge is 0.0406 e. The maximum Gasteiger partial charge on any atom is 0.0406 e. The molecule has 2 N–H and O–H groups in total. The zero-order chi connectivity index (χ0) is 12.6. The number of hydrogen-bond acceptors (Lipinski definition) is 1. The molecule has 18 heavy (non-hydrogen) atoms. The zero-order valence-electron chi connectivity index (χ0n) is 10.2. The highest BCUT2D eigenvalue weighted by atomic mass is 35.5. The lowest BCUT2D eigenvalue weighted by Gasteiger charge is -2.28. The molecule has 0 unspecified atom stereocenters. The van der Waals surface area contributed by atoms with Crippen LogP contribution >= 0.6 is 11.6 Å². The van der Waals surface area contributed by atoms with Crippen LogP contribution in [0, 0.1) is 0 Å². The van der Waals surface area contributed by atoms with Crippen molar-refractivity contribution in [3.05, 3.63) is 70.2 Å². The minimum Gasteiger partial charge on any atom is -0.330 e. The maximum absolute atomic E-state index is 6.09. The lowest BCUT2D eigenvalue weighted by molar-refractivity contribution is 0.463. The van der Waals surface area contributed by atoms with Crippen molar-refractivity contribution in [2.24, 2.45) is 5.73 Å². The fourth-order valence-electron chi connectivity index (χ4n) is 2.96. The van der Waals surface area contributed by atoms with E-state index >= 15 is 0 Å². The van der Waals surface area contributed by atoms with Crippen molar-refractivity contribution in [3.63, 3.8) is 0 Å². The fraction of sp³-hybridized carbons (Fsp3) is 0.250. The van der Waals surface area contributed by atoms with Gasteiger partial charge < -0.3 is 5.73 Å². The highest BCUT2D eigenvalue weighted by Crippen LogP contribution is 2.39. The molecule has 0 saturated carbocycles. The van der Waals surface area contributed by atoms with E-state index in [0.29, 0.717) is 6.54 Å². The Hall–Kier alpha value is -1.31. The van der Waals surface area contributed by atoms with E-state index in [1.54, 1.807) is 0 Å². The fourth-order valence-corrected chi connectivity index (χ4v) is 3.09. The first-order chi connectivity index (χ1) is 8.73. The summed E-state index contributed by atoms with van der Waals surface area (Å²) >= 11 is 5.96. The second-order valence-electron chi connectivity index (χ2n) is 5.11. The van der Waals surface area contributed by atoms with Gasteiger partial charge in [-0.2, -0.15) is 0 Å². The minimum atomic E-state index is 0.0499. The van der Waals surface area contributed by atoms with Crippen LogP contribution in [-0.2, 0) is 18.3 Å². The largest absolute Gasteiger partial charge is 0.330 e. The van der Waals surface area contributed by atoms with Gasteiger partial charge in [0.2, 0.25) is 0 Å². The molecule has 0 radical (unpaired) electrons. The first kappa shape index (κ1) is 11.8. The average Bonchev–Trinajstić information content (AvgIpc) is 2.79. The summed E-state index contributed by atoms with van der Waals surface area (Å²) in [7, 11) is 0. The summed E-state index contributed by atoms with van der Waals surface area (Å²) in [5.41, 5.74) is 10.3. The first-order valence-corrected chi connectivity index (χ1v) is 6.64. The summed E-state index contributed by atoms with van der Waals surface area (Å²) < 4.78 is 0. The molecule has 0 aliphatic heterocycles. The van der Waals surface area contributed by atoms with Crippen LogP contribution in [0.1, 0.15) is 16.7 Å². The molecule has 92 valence electrons. The Balaban J connectivity index is 2.02. The molecule has 0 saturated heterocycles. The van der Waals surface area contributed by atoms with Crippen molar-refractivity contribution < 1.29 is 0 Å². The first-order valence-electron chi connectivity index (χ1n) is 6.26. The number of benzene rings is 2. The number of halogens is 1. The summed E-state index contributed by atoms with van der Waals surface area (Å²) in [6, 6.07) is 16.8. The molecular weight excluding hydrogens is 242 g/mol. The van der Waals surface area contributed by atoms with Gasteiger partial charge in [0.25, 0.3) is 0 Å². The molecule has 1 nitrogen and oxygen atoms in total. The monoisotopic (exact) mass is 257 g/mol. The molecule has 1 aliphatic rings. The third-order valence-corrected chi connectivity index (χ3v) is 4.28. The average molecular weight is 258 g/mol. The maximum atomic E-state index is 6.09. The quantitative estimate of drug-likeness (QED) is 0.878. The van der Waals surface area contributed by atoms with E-state index < -0.39 is 0 Å². The summed E-state index contributed by atoms with van der Waals surface area (Å²) in [5.74, 6) is 0. The van der Waals surface area contributed by atoms with E-state index in [-0.39, 0.29) is 5.41 Å². The van der Waals surface area contributed by atoms with E-state index in [1.807, 2.05) is 12.1 Å². The van der Waals surface area contributed by atoms with Crippen molar-refractivity contribution in [1.82, 2.24) is 0 Å². The van der Waals surface area contributed by atoms with Gasteiger partial charge in [0, 0.05) is 17.0 Å². The highest BCUT2D eigenvalue weighted by molar-refractivity contribution is 6.30. The molecule has 0 aromatic heterocycles. The molecule has 0 heterocycles. The van der Waals surface area contributed by atoms with Crippen LogP contribution in [0.2, 0.25) is 5.02 Å². The Kier molecular flexibility index (Phi) is 2.89. The van der Waals surface area contributed by atoms with E-state index in [0.717, 1.165) is 17.9 Å². The van der Waals surface area contributed by atoms with Crippen molar-refractivity contribution in [1.29, 1.82) is 0 Å². The standard InChI is InChI=1S/C16H16ClN/c17-15-7-5-14(6-8-15)16(11-18)9-12-3-1-2-4-13(12)10-16/h1-8H,9-11,18H2. The Morgan fingerprint density at radius 1 is 0.944 bits per heavy atom. The van der Waals surface area contributed by atoms with Gasteiger partial charge in [-0.25, -0.2) is 0 Å². The third-order valence-electron chi connectivity index (χ3n) is 4.02. The number of fused-ring (bicyclic) bond motifs is 1. The van der Waals surface area contributed by atoms with Crippen LogP contribution in [0.15, 0.2) is 48.5 Å². The highest BCUT2D eigenvalue weighted by Gasteiger charge is 2.37. The van der Waals surface area contributed by atoms with Crippen LogP contribution in [0.3, 0.4) is 0 Å². The van der Waals surface area contributed by atoms with E-state index in [2.05, 4.69) is 36.4 Å². The second kappa shape index (κ2) is 4.42. The summed E-state index contributed by atoms with van der Waals surface area (Å²) in [6.45, 7) is 0.670. The Labute approximate surface area is 113 Å². The third kappa shape index (κ3) is 1.84. The van der Waals surface area contributed by atoms with Crippen LogP contribution in [-0.4, -0.2) is 6.54 Å². The van der Waals surface area contributed by atoms with Gasteiger partial charge in [-0.15, -0.1) is 0 Å². The lowest BCUT2D eigenvalue weighted by atomic mass is 9.78. The topological polar surface area (TPSA) is 26.0 Å². The predicted octanol–water partition coefficient (Wildman–Crippen LogP) is 3.34. The van der Waals surface area contributed by atoms with Gasteiger partial charge in [0.1, 0.15) is 0 Å². The van der Waals surface area contributed by atoms with Gasteiger partial charge >= 0.3 is 0 Å².